The van der Waals surface area contributed by atoms with E-state index in [0.717, 1.165) is 38.5 Å². The van der Waals surface area contributed by atoms with Crippen LogP contribution in [0.2, 0.25) is 0 Å². The van der Waals surface area contributed by atoms with E-state index in [2.05, 4.69) is 10.5 Å². The number of carboxylic acids is 1. The molecule has 0 radical (unpaired) electrons. The van der Waals surface area contributed by atoms with Crippen LogP contribution in [0.3, 0.4) is 0 Å². The van der Waals surface area contributed by atoms with Crippen LogP contribution in [0.4, 0.5) is 5.69 Å². The number of carboxylic acid groups (broad SMARTS) is 1. The highest BCUT2D eigenvalue weighted by Gasteiger charge is 2.47. The third-order valence-electron chi connectivity index (χ3n) is 5.21. The minimum atomic E-state index is -1.70. The van der Waals surface area contributed by atoms with Gasteiger partial charge in [0.05, 0.1) is 10.6 Å². The lowest BCUT2D eigenvalue weighted by Gasteiger charge is -2.28. The zero-order valence-corrected chi connectivity index (χ0v) is 15.4. The van der Waals surface area contributed by atoms with Crippen molar-refractivity contribution in [2.75, 3.05) is 0 Å². The molecule has 1 amide bonds. The number of oxime groups is 1. The lowest BCUT2D eigenvalue weighted by molar-refractivity contribution is -0.384. The van der Waals surface area contributed by atoms with Crippen LogP contribution >= 0.6 is 0 Å². The van der Waals surface area contributed by atoms with Crippen molar-refractivity contribution in [1.82, 2.24) is 5.32 Å². The maximum absolute atomic E-state index is 12.9. The molecule has 1 aliphatic heterocycles. The average molecular weight is 388 g/mol. The highest BCUT2D eigenvalue weighted by atomic mass is 16.7. The van der Waals surface area contributed by atoms with Gasteiger partial charge in [0.1, 0.15) is 0 Å². The van der Waals surface area contributed by atoms with Crippen LogP contribution in [0.15, 0.2) is 29.4 Å². The van der Waals surface area contributed by atoms with Crippen LogP contribution in [0.5, 0.6) is 0 Å². The zero-order valence-electron chi connectivity index (χ0n) is 15.4. The van der Waals surface area contributed by atoms with Crippen molar-refractivity contribution >= 4 is 23.3 Å². The van der Waals surface area contributed by atoms with Crippen molar-refractivity contribution in [3.63, 3.8) is 0 Å². The van der Waals surface area contributed by atoms with Gasteiger partial charge in [0.15, 0.2) is 0 Å². The monoisotopic (exact) mass is 388 g/mol. The Hall–Kier alpha value is -2.97. The summed E-state index contributed by atoms with van der Waals surface area (Å²) < 4.78 is 0. The third kappa shape index (κ3) is 4.47. The van der Waals surface area contributed by atoms with Gasteiger partial charge in [0, 0.05) is 42.5 Å². The number of benzene rings is 1. The van der Waals surface area contributed by atoms with E-state index in [4.69, 9.17) is 4.84 Å². The summed E-state index contributed by atoms with van der Waals surface area (Å²) in [6.07, 6.45) is 5.19. The lowest BCUT2D eigenvalue weighted by atomic mass is 9.89. The van der Waals surface area contributed by atoms with Gasteiger partial charge in [-0.3, -0.25) is 14.9 Å². The number of nitrogens with one attached hydrogen (secondary N) is 1. The summed E-state index contributed by atoms with van der Waals surface area (Å²) >= 11 is 0. The van der Waals surface area contributed by atoms with Crippen LogP contribution in [0.1, 0.15) is 56.9 Å². The van der Waals surface area contributed by atoms with Gasteiger partial charge in [-0.05, 0) is 12.8 Å². The topological polar surface area (TPSA) is 134 Å². The summed E-state index contributed by atoms with van der Waals surface area (Å²) in [5.41, 5.74) is -1.12. The van der Waals surface area contributed by atoms with Gasteiger partial charge in [-0.1, -0.05) is 43.0 Å². The molecule has 0 spiro atoms. The largest absolute Gasteiger partial charge is 0.550 e. The molecule has 1 fully saturated rings. The molecule has 0 saturated heterocycles. The Morgan fingerprint density at radius 2 is 1.96 bits per heavy atom. The summed E-state index contributed by atoms with van der Waals surface area (Å²) in [4.78, 5) is 40.0. The molecule has 3 rings (SSSR count). The molecule has 28 heavy (non-hydrogen) atoms. The van der Waals surface area contributed by atoms with E-state index in [9.17, 15) is 24.8 Å². The number of hydrogen-bond donors (Lipinski definition) is 1. The summed E-state index contributed by atoms with van der Waals surface area (Å²) in [6, 6.07) is 5.74. The van der Waals surface area contributed by atoms with Crippen molar-refractivity contribution in [2.45, 2.75) is 63.0 Å². The number of nitro benzene ring substituents is 1. The number of nitrogens with zero attached hydrogens (tertiary/aromatic N) is 2. The molecule has 1 atom stereocenters. The first-order valence-electron chi connectivity index (χ1n) is 9.40. The maximum atomic E-state index is 12.9. The molecule has 0 unspecified atom stereocenters. The normalized spacial score (nSPS) is 22.6. The molecule has 150 valence electrons. The predicted octanol–water partition coefficient (Wildman–Crippen LogP) is 1.44. The Labute approximate surface area is 161 Å². The van der Waals surface area contributed by atoms with E-state index in [1.807, 2.05) is 0 Å². The van der Waals surface area contributed by atoms with Gasteiger partial charge >= 0.3 is 0 Å². The molecule has 1 saturated carbocycles. The number of rotatable bonds is 6. The summed E-state index contributed by atoms with van der Waals surface area (Å²) in [5.74, 6) is -1.96. The third-order valence-corrected chi connectivity index (χ3v) is 5.21. The number of aliphatic carboxylic acids is 1. The second-order valence-electron chi connectivity index (χ2n) is 7.32. The molecule has 1 aromatic carbocycles. The van der Waals surface area contributed by atoms with E-state index >= 15 is 0 Å². The van der Waals surface area contributed by atoms with Gasteiger partial charge in [0.2, 0.25) is 5.60 Å². The first-order chi connectivity index (χ1) is 13.4. The van der Waals surface area contributed by atoms with Crippen molar-refractivity contribution in [3.8, 4) is 0 Å². The summed E-state index contributed by atoms with van der Waals surface area (Å²) in [6.45, 7) is 0. The van der Waals surface area contributed by atoms with Crippen LogP contribution < -0.4 is 10.4 Å². The van der Waals surface area contributed by atoms with Crippen LogP contribution in [-0.2, 0) is 14.4 Å². The van der Waals surface area contributed by atoms with Gasteiger partial charge < -0.3 is 20.1 Å². The van der Waals surface area contributed by atoms with Gasteiger partial charge in [-0.15, -0.1) is 0 Å². The fourth-order valence-electron chi connectivity index (χ4n) is 3.70. The predicted molar refractivity (Wildman–Crippen MR) is 97.3 cm³/mol. The first-order valence-corrected chi connectivity index (χ1v) is 9.40. The molecular weight excluding hydrogens is 366 g/mol. The number of carbonyl (C=O) groups is 2. The van der Waals surface area contributed by atoms with Crippen molar-refractivity contribution in [3.05, 3.63) is 39.9 Å². The summed E-state index contributed by atoms with van der Waals surface area (Å²) in [5, 5.41) is 29.1. The first kappa shape index (κ1) is 19.8. The zero-order chi connectivity index (χ0) is 20.1. The van der Waals surface area contributed by atoms with Gasteiger partial charge in [-0.2, -0.15) is 0 Å². The Morgan fingerprint density at radius 3 is 2.61 bits per heavy atom. The summed E-state index contributed by atoms with van der Waals surface area (Å²) in [7, 11) is 0. The molecule has 2 aliphatic rings. The number of hydrogen-bond acceptors (Lipinski definition) is 7. The molecule has 1 aliphatic carbocycles. The Bertz CT molecular complexity index is 801. The molecule has 1 aromatic rings. The highest BCUT2D eigenvalue weighted by molar-refractivity contribution is 6.06. The Morgan fingerprint density at radius 1 is 1.25 bits per heavy atom. The second-order valence-corrected chi connectivity index (χ2v) is 7.32. The molecule has 1 N–H and O–H groups in total. The van der Waals surface area contributed by atoms with E-state index in [-0.39, 0.29) is 18.2 Å². The van der Waals surface area contributed by atoms with Crippen molar-refractivity contribution < 1.29 is 24.5 Å². The number of amides is 1. The molecule has 9 heteroatoms. The van der Waals surface area contributed by atoms with E-state index in [1.165, 1.54) is 18.2 Å². The van der Waals surface area contributed by atoms with Crippen molar-refractivity contribution in [2.24, 2.45) is 5.16 Å². The fraction of sp³-hybridized carbons (Fsp3) is 0.526. The molecular formula is C19H22N3O6-. The van der Waals surface area contributed by atoms with Gasteiger partial charge in [0.25, 0.3) is 11.6 Å². The van der Waals surface area contributed by atoms with E-state index < -0.39 is 28.8 Å². The molecule has 1 heterocycles. The van der Waals surface area contributed by atoms with Crippen molar-refractivity contribution in [1.29, 1.82) is 0 Å². The molecule has 0 bridgehead atoms. The minimum Gasteiger partial charge on any atom is -0.550 e. The highest BCUT2D eigenvalue weighted by Crippen LogP contribution is 2.32. The van der Waals surface area contributed by atoms with Crippen LogP contribution in [0.25, 0.3) is 0 Å². The van der Waals surface area contributed by atoms with Gasteiger partial charge in [-0.25, -0.2) is 0 Å². The SMILES string of the molecule is O=C([O-])C[C@]1(C(=O)NC2CCCCCC2)CC(c2cccc([N+](=O)[O-])c2)=NO1. The van der Waals surface area contributed by atoms with E-state index in [0.29, 0.717) is 11.3 Å². The van der Waals surface area contributed by atoms with E-state index in [1.54, 1.807) is 6.07 Å². The quantitative estimate of drug-likeness (QED) is 0.445. The number of carbonyl (C=O) groups excluding carboxylic acids is 2. The fourth-order valence-corrected chi connectivity index (χ4v) is 3.70. The standard InChI is InChI=1S/C19H23N3O6/c23-17(24)12-19(18(25)20-14-7-3-1-2-4-8-14)11-16(21-28-19)13-6-5-9-15(10-13)22(26)27/h5-6,9-10,14H,1-4,7-8,11-12H2,(H,20,25)(H,23,24)/p-1/t19-/m0/s1. The van der Waals surface area contributed by atoms with Crippen LogP contribution in [-0.4, -0.2) is 34.2 Å². The Kier molecular flexibility index (Phi) is 5.91. The number of non-ortho nitro benzene ring substituents is 1. The Balaban J connectivity index is 1.77. The number of nitro groups is 1. The average Bonchev–Trinajstić information content (AvgIpc) is 2.92. The van der Waals surface area contributed by atoms with Crippen LogP contribution in [0, 0.1) is 10.1 Å². The molecule has 9 nitrogen and oxygen atoms in total. The molecule has 0 aromatic heterocycles. The smallest absolute Gasteiger partial charge is 0.270 e. The lowest BCUT2D eigenvalue weighted by Crippen LogP contribution is -2.53. The maximum Gasteiger partial charge on any atom is 0.270 e. The second kappa shape index (κ2) is 8.37. The minimum absolute atomic E-state index is 0.0286.